The van der Waals surface area contributed by atoms with Gasteiger partial charge < -0.3 is 48.4 Å². The van der Waals surface area contributed by atoms with Crippen LogP contribution in [0.5, 0.6) is 23.0 Å². The van der Waals surface area contributed by atoms with Crippen molar-refractivity contribution in [1.82, 2.24) is 15.3 Å². The summed E-state index contributed by atoms with van der Waals surface area (Å²) in [5.74, 6) is 0.970. The summed E-state index contributed by atoms with van der Waals surface area (Å²) in [6.45, 7) is 4.30. The van der Waals surface area contributed by atoms with Gasteiger partial charge in [-0.25, -0.2) is 28.9 Å². The number of unbranched alkanes of at least 4 members (excludes halogenated alkanes) is 15. The van der Waals surface area contributed by atoms with Gasteiger partial charge in [0.25, 0.3) is 0 Å². The van der Waals surface area contributed by atoms with Gasteiger partial charge >= 0.3 is 26.1 Å². The lowest BCUT2D eigenvalue weighted by molar-refractivity contribution is -0.903. The van der Waals surface area contributed by atoms with Crippen molar-refractivity contribution >= 4 is 92.3 Å². The number of carbonyl (C=O) groups is 3. The number of pyridine rings is 2. The van der Waals surface area contributed by atoms with Gasteiger partial charge in [0.05, 0.1) is 26.3 Å². The van der Waals surface area contributed by atoms with Gasteiger partial charge in [-0.05, 0) is 106 Å². The molecule has 3 N–H and O–H groups in total. The predicted molar refractivity (Wildman–Crippen MR) is 365 cm³/mol. The number of ether oxygens (including phenoxy) is 6. The Hall–Kier alpha value is -5.85. The summed E-state index contributed by atoms with van der Waals surface area (Å²) in [6.07, 6.45) is 21.7. The van der Waals surface area contributed by atoms with Crippen molar-refractivity contribution in [3.63, 3.8) is 0 Å². The fourth-order valence-electron chi connectivity index (χ4n) is 10.4. The van der Waals surface area contributed by atoms with Crippen molar-refractivity contribution in [1.29, 1.82) is 0 Å². The number of phosphoric acid groups is 1. The highest BCUT2D eigenvalue weighted by atomic mass is 33.1. The second-order valence-corrected chi connectivity index (χ2v) is 29.4. The largest absolute Gasteiger partial charge is 0.513 e. The van der Waals surface area contributed by atoms with Crippen LogP contribution in [-0.2, 0) is 46.5 Å². The van der Waals surface area contributed by atoms with Crippen LogP contribution in [-0.4, -0.2) is 101 Å². The van der Waals surface area contributed by atoms with Gasteiger partial charge in [0.1, 0.15) is 66.0 Å². The van der Waals surface area contributed by atoms with Crippen LogP contribution >= 0.6 is 63.2 Å². The van der Waals surface area contributed by atoms with E-state index in [4.69, 9.17) is 49.7 Å². The van der Waals surface area contributed by atoms with E-state index in [0.717, 1.165) is 40.4 Å². The fourth-order valence-corrected chi connectivity index (χ4v) is 14.8. The quantitative estimate of drug-likeness (QED) is 0.00478. The van der Waals surface area contributed by atoms with Gasteiger partial charge in [0, 0.05) is 70.5 Å². The van der Waals surface area contributed by atoms with E-state index < -0.39 is 31.7 Å². The molecule has 1 spiro atoms. The van der Waals surface area contributed by atoms with E-state index in [0.29, 0.717) is 63.1 Å². The van der Waals surface area contributed by atoms with Gasteiger partial charge in [-0.15, -0.1) is 0 Å². The molecule has 2 aromatic heterocycles. The molecule has 24 heteroatoms. The summed E-state index contributed by atoms with van der Waals surface area (Å²) in [7, 11) is 5.84. The number of fused-ring (bicyclic) bond motifs is 6. The minimum atomic E-state index is -4.15. The second-order valence-electron chi connectivity index (χ2n) is 22.7. The number of likely N-dealkylation sites (N-methyl/N-ethyl adjacent to an activating group) is 1. The lowest BCUT2D eigenvalue weighted by atomic mass is 9.77. The number of rotatable bonds is 39. The Kier molecular flexibility index (Phi) is 29.0. The summed E-state index contributed by atoms with van der Waals surface area (Å²) >= 11 is 5.73. The van der Waals surface area contributed by atoms with Crippen LogP contribution in [0, 0.1) is 0 Å². The Labute approximate surface area is 556 Å². The van der Waals surface area contributed by atoms with Gasteiger partial charge in [-0.2, -0.15) is 0 Å². The highest BCUT2D eigenvalue weighted by molar-refractivity contribution is 8.77. The Morgan fingerprint density at radius 1 is 0.626 bits per heavy atom. The highest BCUT2D eigenvalue weighted by Gasteiger charge is 2.54. The van der Waals surface area contributed by atoms with Crippen LogP contribution in [0.3, 0.4) is 0 Å². The maximum atomic E-state index is 14.2. The molecule has 91 heavy (non-hydrogen) atoms. The summed E-state index contributed by atoms with van der Waals surface area (Å²) in [4.78, 5) is 58.9. The zero-order valence-electron chi connectivity index (χ0n) is 52.0. The second kappa shape index (κ2) is 37.1. The molecule has 488 valence electrons. The number of hydrogen-bond donors (Lipinski definition) is 3. The predicted octanol–water partition coefficient (Wildman–Crippen LogP) is 17.4. The standard InChI is InChI=1S/C67H82N5O13PS5/c1-4-5-6-7-8-9-10-11-12-13-14-15-16-17-18-23-39-80-86(76,77)81-40-38-72(2,3)49-51-28-26-50(27-29-51)48-70-64(87)71-52-30-33-56-55(45-52)63(73)85-67(56)57-34-31-53(82-65(74)78-41-43-88-90-61-24-19-21-36-68-61)46-59(57)84-60-47-54(32-35-58(60)67)83-66(75)79-42-44-89-91-62-25-20-22-37-69-62/h19-22,24-37,45-47H,4-18,23,38-44,48-49H2,1-3H3,(H2-,70,71,76,77,87)/p+1. The van der Waals surface area contributed by atoms with E-state index in [-0.39, 0.29) is 55.0 Å². The number of nitrogens with one attached hydrogen (secondary N) is 2. The smallest absolute Gasteiger partial charge is 0.456 e. The first kappa shape index (κ1) is 71.0. The number of nitrogens with zero attached hydrogens (tertiary/aromatic N) is 3. The number of esters is 1. The molecule has 0 fully saturated rings. The van der Waals surface area contributed by atoms with Crippen LogP contribution < -0.4 is 24.8 Å². The van der Waals surface area contributed by atoms with Crippen molar-refractivity contribution in [2.45, 2.75) is 138 Å². The van der Waals surface area contributed by atoms with Crippen molar-refractivity contribution in [3.8, 4) is 23.0 Å². The lowest BCUT2D eigenvalue weighted by Gasteiger charge is -2.36. The van der Waals surface area contributed by atoms with Gasteiger partial charge in [-0.3, -0.25) is 9.05 Å². The number of quaternary nitrogens is 1. The first-order valence-electron chi connectivity index (χ1n) is 31.2. The van der Waals surface area contributed by atoms with Gasteiger partial charge in [-0.1, -0.05) is 167 Å². The third-order valence-corrected chi connectivity index (χ3v) is 20.8. The maximum absolute atomic E-state index is 14.2. The lowest BCUT2D eigenvalue weighted by Crippen LogP contribution is -2.41. The van der Waals surface area contributed by atoms with Crippen LogP contribution in [0.4, 0.5) is 15.3 Å². The minimum absolute atomic E-state index is 0.0773. The van der Waals surface area contributed by atoms with E-state index in [1.807, 2.05) is 74.8 Å². The van der Waals surface area contributed by atoms with Crippen LogP contribution in [0.15, 0.2) is 138 Å². The zero-order valence-corrected chi connectivity index (χ0v) is 57.0. The molecule has 1 atom stereocenters. The molecule has 0 saturated carbocycles. The minimum Gasteiger partial charge on any atom is -0.456 e. The molecule has 18 nitrogen and oxygen atoms in total. The molecule has 4 aromatic carbocycles. The number of carbonyl (C=O) groups excluding carboxylic acids is 3. The van der Waals surface area contributed by atoms with E-state index in [1.165, 1.54) is 139 Å². The average molecular weight is 1360 g/mol. The molecule has 8 rings (SSSR count). The Morgan fingerprint density at radius 3 is 1.66 bits per heavy atom. The molecular weight excluding hydrogens is 1270 g/mol. The SMILES string of the molecule is CCCCCCCCCCCCCCCCCCOP(=O)(O)OCC[N+](C)(C)Cc1ccc(CNC(=S)Nc2ccc3c(c2)C(=O)OC32c3ccc(OC(=O)OCCSSc4ccccn4)cc3Oc3cc(OC(=O)OCCSSc4ccccn4)ccc32)cc1. The Morgan fingerprint density at radius 2 is 1.13 bits per heavy atom. The summed E-state index contributed by atoms with van der Waals surface area (Å²) in [5.41, 5.74) is 2.70. The van der Waals surface area contributed by atoms with Gasteiger partial charge in [0.15, 0.2) is 10.7 Å². The van der Waals surface area contributed by atoms with E-state index >= 15 is 0 Å². The first-order valence-corrected chi connectivity index (χ1v) is 37.7. The van der Waals surface area contributed by atoms with Gasteiger partial charge in [0.2, 0.25) is 0 Å². The average Bonchev–Trinajstić information content (AvgIpc) is 1.50. The number of thiocarbonyl (C=S) groups is 1. The van der Waals surface area contributed by atoms with E-state index in [2.05, 4.69) is 27.5 Å². The molecule has 0 aliphatic carbocycles. The van der Waals surface area contributed by atoms with Crippen molar-refractivity contribution in [2.75, 3.05) is 63.9 Å². The van der Waals surface area contributed by atoms with Crippen LogP contribution in [0.2, 0.25) is 0 Å². The number of anilines is 1. The number of phosphoric ester groups is 1. The molecule has 2 aliphatic heterocycles. The third-order valence-electron chi connectivity index (χ3n) is 15.0. The number of hydrogen-bond acceptors (Lipinski definition) is 19. The number of aromatic nitrogens is 2. The van der Waals surface area contributed by atoms with Crippen LogP contribution in [0.1, 0.15) is 148 Å². The van der Waals surface area contributed by atoms with Crippen LogP contribution in [0.25, 0.3) is 0 Å². The Balaban J connectivity index is 0.800. The normalized spacial score (nSPS) is 13.4. The molecule has 6 aromatic rings. The molecule has 2 aliphatic rings. The summed E-state index contributed by atoms with van der Waals surface area (Å²) in [6, 6.07) is 34.1. The topological polar surface area (TPSA) is 212 Å². The van der Waals surface area contributed by atoms with Crippen molar-refractivity contribution in [3.05, 3.63) is 161 Å². The molecule has 1 unspecified atom stereocenters. The Bertz CT molecular complexity index is 3230. The summed E-state index contributed by atoms with van der Waals surface area (Å²) in [5, 5.41) is 8.45. The highest BCUT2D eigenvalue weighted by Crippen LogP contribution is 2.57. The molecule has 0 saturated heterocycles. The summed E-state index contributed by atoms with van der Waals surface area (Å²) < 4.78 is 58.7. The third kappa shape index (κ3) is 23.3. The monoisotopic (exact) mass is 1360 g/mol. The van der Waals surface area contributed by atoms with E-state index in [1.54, 1.807) is 54.9 Å². The fraction of sp³-hybridized carbons (Fsp3) is 0.433. The van der Waals surface area contributed by atoms with Crippen molar-refractivity contribution in [2.24, 2.45) is 0 Å². The molecule has 4 heterocycles. The number of benzene rings is 4. The van der Waals surface area contributed by atoms with E-state index in [9.17, 15) is 23.8 Å². The molecule has 0 amide bonds. The molecular formula is C67H83N5O13PS5+. The first-order chi connectivity index (χ1) is 44.2. The molecule has 0 bridgehead atoms. The van der Waals surface area contributed by atoms with Crippen molar-refractivity contribution < 1.29 is 65.8 Å². The molecule has 0 radical (unpaired) electrons. The maximum Gasteiger partial charge on any atom is 0.513 e. The zero-order chi connectivity index (χ0) is 64.2.